The molecule has 1 aromatic heterocycles. The Morgan fingerprint density at radius 1 is 1.06 bits per heavy atom. The lowest BCUT2D eigenvalue weighted by atomic mass is 10.0. The highest BCUT2D eigenvalue weighted by molar-refractivity contribution is 5.95. The first kappa shape index (κ1) is 22.5. The Morgan fingerprint density at radius 2 is 1.89 bits per heavy atom. The van der Waals surface area contributed by atoms with Crippen molar-refractivity contribution in [2.75, 3.05) is 31.7 Å². The van der Waals surface area contributed by atoms with Crippen LogP contribution in [0.25, 0.3) is 10.9 Å². The summed E-state index contributed by atoms with van der Waals surface area (Å²) in [6, 6.07) is 12.5. The zero-order valence-corrected chi connectivity index (χ0v) is 20.2. The van der Waals surface area contributed by atoms with Gasteiger partial charge in [0.2, 0.25) is 12.7 Å². The molecule has 3 aliphatic heterocycles. The van der Waals surface area contributed by atoms with Crippen LogP contribution in [-0.2, 0) is 11.3 Å². The third kappa shape index (κ3) is 4.07. The molecule has 6 rings (SSSR count). The van der Waals surface area contributed by atoms with Gasteiger partial charge in [0.15, 0.2) is 11.5 Å². The van der Waals surface area contributed by atoms with Crippen LogP contribution >= 0.6 is 0 Å². The van der Waals surface area contributed by atoms with Crippen LogP contribution in [0.4, 0.5) is 5.82 Å². The van der Waals surface area contributed by atoms with Gasteiger partial charge >= 0.3 is 0 Å². The van der Waals surface area contributed by atoms with Crippen LogP contribution < -0.4 is 20.1 Å². The smallest absolute Gasteiger partial charge is 0.254 e. The topological polar surface area (TPSA) is 109 Å². The summed E-state index contributed by atoms with van der Waals surface area (Å²) in [5.41, 5.74) is 1.37. The largest absolute Gasteiger partial charge is 0.454 e. The summed E-state index contributed by atoms with van der Waals surface area (Å²) in [5, 5.41) is 7.44. The average molecular weight is 489 g/mol. The van der Waals surface area contributed by atoms with Crippen molar-refractivity contribution in [3.05, 3.63) is 53.9 Å². The normalized spacial score (nSPS) is 21.6. The van der Waals surface area contributed by atoms with E-state index in [1.165, 1.54) is 0 Å². The van der Waals surface area contributed by atoms with Gasteiger partial charge in [-0.15, -0.1) is 0 Å². The molecule has 3 aliphatic rings. The van der Waals surface area contributed by atoms with Gasteiger partial charge in [-0.2, -0.15) is 0 Å². The van der Waals surface area contributed by atoms with Crippen molar-refractivity contribution in [2.24, 2.45) is 5.92 Å². The molecule has 0 aliphatic carbocycles. The number of hydrogen-bond donors (Lipinski definition) is 2. The van der Waals surface area contributed by atoms with E-state index in [1.807, 2.05) is 38.1 Å². The summed E-state index contributed by atoms with van der Waals surface area (Å²) in [7, 11) is 0. The first-order valence-corrected chi connectivity index (χ1v) is 12.2. The van der Waals surface area contributed by atoms with E-state index in [0.29, 0.717) is 54.9 Å². The Hall–Kier alpha value is -3.92. The van der Waals surface area contributed by atoms with Crippen molar-refractivity contribution < 1.29 is 19.1 Å². The summed E-state index contributed by atoms with van der Waals surface area (Å²) in [5.74, 6) is 2.34. The molecule has 36 heavy (non-hydrogen) atoms. The SMILES string of the molecule is CC(C)[C@@H]1Nc2nc(nc3ccccc23)CN2CCN(C(=O)c3ccc4c(c3)OCO4)CC2NC1=O. The predicted molar refractivity (Wildman–Crippen MR) is 133 cm³/mol. The molecule has 0 saturated carbocycles. The zero-order valence-electron chi connectivity index (χ0n) is 20.2. The first-order chi connectivity index (χ1) is 17.5. The number of para-hydroxylation sites is 1. The Kier molecular flexibility index (Phi) is 5.60. The number of rotatable bonds is 2. The van der Waals surface area contributed by atoms with Gasteiger partial charge < -0.3 is 25.0 Å². The van der Waals surface area contributed by atoms with Crippen LogP contribution in [-0.4, -0.2) is 70.2 Å². The van der Waals surface area contributed by atoms with Gasteiger partial charge in [0.25, 0.3) is 5.91 Å². The van der Waals surface area contributed by atoms with Crippen molar-refractivity contribution >= 4 is 28.5 Å². The minimum absolute atomic E-state index is 0.0185. The van der Waals surface area contributed by atoms with E-state index in [4.69, 9.17) is 19.4 Å². The summed E-state index contributed by atoms with van der Waals surface area (Å²) in [4.78, 5) is 40.3. The number of hydrogen-bond acceptors (Lipinski definition) is 8. The van der Waals surface area contributed by atoms with Crippen molar-refractivity contribution in [3.8, 4) is 11.5 Å². The van der Waals surface area contributed by atoms with Crippen LogP contribution in [0.1, 0.15) is 30.0 Å². The highest BCUT2D eigenvalue weighted by Crippen LogP contribution is 2.33. The molecule has 2 N–H and O–H groups in total. The van der Waals surface area contributed by atoms with Gasteiger partial charge in [0, 0.05) is 24.0 Å². The fourth-order valence-electron chi connectivity index (χ4n) is 4.97. The van der Waals surface area contributed by atoms with Crippen LogP contribution in [0, 0.1) is 5.92 Å². The second kappa shape index (κ2) is 8.94. The molecule has 1 unspecified atom stereocenters. The Bertz CT molecular complexity index is 1350. The Labute approximate surface area is 208 Å². The average Bonchev–Trinajstić information content (AvgIpc) is 3.35. The lowest BCUT2D eigenvalue weighted by Crippen LogP contribution is -2.63. The molecule has 2 bridgehead atoms. The van der Waals surface area contributed by atoms with Crippen molar-refractivity contribution in [1.29, 1.82) is 0 Å². The number of carbonyl (C=O) groups is 2. The maximum absolute atomic E-state index is 13.5. The van der Waals surface area contributed by atoms with Gasteiger partial charge in [-0.05, 0) is 36.2 Å². The fourth-order valence-corrected chi connectivity index (χ4v) is 4.97. The maximum atomic E-state index is 13.5. The van der Waals surface area contributed by atoms with Crippen LogP contribution in [0.15, 0.2) is 42.5 Å². The van der Waals surface area contributed by atoms with Crippen LogP contribution in [0.5, 0.6) is 11.5 Å². The number of benzene rings is 2. The molecular weight excluding hydrogens is 460 g/mol. The van der Waals surface area contributed by atoms with Gasteiger partial charge in [0.05, 0.1) is 18.6 Å². The number of nitrogens with one attached hydrogen (secondary N) is 2. The van der Waals surface area contributed by atoms with E-state index in [1.54, 1.807) is 23.1 Å². The third-order valence-corrected chi connectivity index (χ3v) is 6.94. The molecule has 1 fully saturated rings. The molecule has 10 nitrogen and oxygen atoms in total. The third-order valence-electron chi connectivity index (χ3n) is 6.94. The van der Waals surface area contributed by atoms with Gasteiger partial charge in [-0.25, -0.2) is 9.97 Å². The Balaban J connectivity index is 1.30. The van der Waals surface area contributed by atoms with Gasteiger partial charge in [0.1, 0.15) is 23.8 Å². The number of carbonyl (C=O) groups excluding carboxylic acids is 2. The molecule has 1 saturated heterocycles. The minimum Gasteiger partial charge on any atom is -0.454 e. The minimum atomic E-state index is -0.490. The molecular formula is C26H28N6O4. The van der Waals surface area contributed by atoms with Crippen molar-refractivity contribution in [2.45, 2.75) is 32.6 Å². The molecule has 2 aromatic carbocycles. The van der Waals surface area contributed by atoms with Crippen LogP contribution in [0.2, 0.25) is 0 Å². The van der Waals surface area contributed by atoms with Gasteiger partial charge in [-0.3, -0.25) is 14.5 Å². The summed E-state index contributed by atoms with van der Waals surface area (Å²) in [6.07, 6.45) is -0.371. The summed E-state index contributed by atoms with van der Waals surface area (Å²) in [6.45, 7) is 6.07. The van der Waals surface area contributed by atoms with Gasteiger partial charge in [-0.1, -0.05) is 26.0 Å². The monoisotopic (exact) mass is 488 g/mol. The molecule has 4 heterocycles. The molecule has 2 amide bonds. The number of aromatic nitrogens is 2. The number of nitrogens with zero attached hydrogens (tertiary/aromatic N) is 4. The molecule has 2 atom stereocenters. The van der Waals surface area contributed by atoms with E-state index in [2.05, 4.69) is 15.5 Å². The number of fused-ring (bicyclic) bond motifs is 6. The first-order valence-electron chi connectivity index (χ1n) is 12.2. The number of anilines is 1. The number of ether oxygens (including phenoxy) is 2. The molecule has 0 radical (unpaired) electrons. The van der Waals surface area contributed by atoms with E-state index in [-0.39, 0.29) is 30.7 Å². The van der Waals surface area contributed by atoms with E-state index in [9.17, 15) is 9.59 Å². The standard InChI is InChI=1S/C26H28N6O4/c1-15(2)23-25(33)29-22-13-32(26(34)16-7-8-19-20(11-16)36-14-35-19)10-9-31(22)12-21-27-18-6-4-3-5-17(18)24(28-21)30-23/h3-8,11,15,22-23H,9-10,12-14H2,1-2H3,(H,29,33)(H,27,28,30)/t22?,23-/m0/s1. The predicted octanol–water partition coefficient (Wildman–Crippen LogP) is 2.21. The van der Waals surface area contributed by atoms with E-state index >= 15 is 0 Å². The lowest BCUT2D eigenvalue weighted by Gasteiger charge is -2.42. The quantitative estimate of drug-likeness (QED) is 0.565. The highest BCUT2D eigenvalue weighted by Gasteiger charge is 2.35. The van der Waals surface area contributed by atoms with E-state index in [0.717, 1.165) is 10.9 Å². The van der Waals surface area contributed by atoms with Crippen molar-refractivity contribution in [3.63, 3.8) is 0 Å². The molecule has 10 heteroatoms. The maximum Gasteiger partial charge on any atom is 0.254 e. The number of amides is 2. The number of piperazine rings is 1. The second-order valence-electron chi connectivity index (χ2n) is 9.69. The lowest BCUT2D eigenvalue weighted by molar-refractivity contribution is -0.125. The fraction of sp³-hybridized carbons (Fsp3) is 0.385. The Morgan fingerprint density at radius 3 is 2.75 bits per heavy atom. The highest BCUT2D eigenvalue weighted by atomic mass is 16.7. The van der Waals surface area contributed by atoms with Crippen LogP contribution in [0.3, 0.4) is 0 Å². The molecule has 3 aromatic rings. The van der Waals surface area contributed by atoms with Crippen molar-refractivity contribution in [1.82, 2.24) is 25.1 Å². The summed E-state index contributed by atoms with van der Waals surface area (Å²) < 4.78 is 10.8. The molecule has 0 spiro atoms. The second-order valence-corrected chi connectivity index (χ2v) is 9.69. The van der Waals surface area contributed by atoms with E-state index < -0.39 is 6.04 Å². The zero-order chi connectivity index (χ0) is 24.8. The summed E-state index contributed by atoms with van der Waals surface area (Å²) >= 11 is 0. The molecule has 186 valence electrons.